The second-order valence-electron chi connectivity index (χ2n) is 5.86. The van der Waals surface area contributed by atoms with Gasteiger partial charge in [0.2, 0.25) is 5.95 Å². The molecule has 0 aliphatic carbocycles. The molecule has 2 aromatic heterocycles. The second-order valence-corrected chi connectivity index (χ2v) is 5.86. The van der Waals surface area contributed by atoms with E-state index in [1.165, 1.54) is 4.90 Å². The van der Waals surface area contributed by atoms with Gasteiger partial charge in [-0.25, -0.2) is 4.98 Å². The van der Waals surface area contributed by atoms with Crippen molar-refractivity contribution in [2.24, 2.45) is 0 Å². The molecule has 0 bridgehead atoms. The van der Waals surface area contributed by atoms with Crippen molar-refractivity contribution in [2.45, 2.75) is 24.9 Å². The quantitative estimate of drug-likeness (QED) is 0.903. The molecule has 0 unspecified atom stereocenters. The lowest BCUT2D eigenvalue weighted by molar-refractivity contribution is -0.141. The summed E-state index contributed by atoms with van der Waals surface area (Å²) in [6.45, 7) is 1.04. The number of H-pyrrole nitrogens is 1. The third-order valence-corrected chi connectivity index (χ3v) is 3.88. The van der Waals surface area contributed by atoms with Crippen LogP contribution in [0.2, 0.25) is 0 Å². The number of piperidine rings is 1. The van der Waals surface area contributed by atoms with E-state index in [9.17, 15) is 13.2 Å². The molecule has 8 nitrogen and oxygen atoms in total. The van der Waals surface area contributed by atoms with E-state index < -0.39 is 11.9 Å². The number of hydrogen-bond acceptors (Lipinski definition) is 7. The Morgan fingerprint density at radius 3 is 2.71 bits per heavy atom. The molecule has 1 N–H and O–H groups in total. The van der Waals surface area contributed by atoms with E-state index in [0.717, 1.165) is 18.9 Å². The van der Waals surface area contributed by atoms with Gasteiger partial charge in [0.1, 0.15) is 5.82 Å². The number of hydrogen-bond donors (Lipinski definition) is 1. The molecule has 3 rings (SSSR count). The first kappa shape index (κ1) is 16.4. The van der Waals surface area contributed by atoms with Crippen molar-refractivity contribution in [3.8, 4) is 0 Å². The number of anilines is 2. The number of halogens is 3. The molecule has 0 radical (unpaired) electrons. The molecule has 0 saturated carbocycles. The van der Waals surface area contributed by atoms with Gasteiger partial charge < -0.3 is 9.80 Å². The van der Waals surface area contributed by atoms with Crippen LogP contribution in [-0.4, -0.2) is 57.8 Å². The largest absolute Gasteiger partial charge is 0.433 e. The summed E-state index contributed by atoms with van der Waals surface area (Å²) in [6.07, 6.45) is -2.89. The van der Waals surface area contributed by atoms with Crippen LogP contribution in [0.4, 0.5) is 24.9 Å². The summed E-state index contributed by atoms with van der Waals surface area (Å²) in [5, 5.41) is 13.9. The molecular formula is C13H17F3N8. The van der Waals surface area contributed by atoms with Gasteiger partial charge in [0.15, 0.2) is 11.5 Å². The minimum atomic E-state index is -4.52. The fourth-order valence-electron chi connectivity index (χ4n) is 2.65. The number of alkyl halides is 3. The maximum absolute atomic E-state index is 13.1. The predicted molar refractivity (Wildman–Crippen MR) is 79.7 cm³/mol. The van der Waals surface area contributed by atoms with Gasteiger partial charge in [-0.15, -0.1) is 10.2 Å². The Morgan fingerprint density at radius 2 is 2.08 bits per heavy atom. The third-order valence-electron chi connectivity index (χ3n) is 3.88. The monoisotopic (exact) mass is 342 g/mol. The van der Waals surface area contributed by atoms with Crippen molar-refractivity contribution in [3.63, 3.8) is 0 Å². The molecule has 0 aromatic carbocycles. The summed E-state index contributed by atoms with van der Waals surface area (Å²) in [7, 11) is 3.29. The number of aromatic amines is 1. The molecule has 0 spiro atoms. The van der Waals surface area contributed by atoms with Gasteiger partial charge in [-0.3, -0.25) is 0 Å². The van der Waals surface area contributed by atoms with Crippen LogP contribution < -0.4 is 9.80 Å². The van der Waals surface area contributed by atoms with Gasteiger partial charge in [-0.2, -0.15) is 23.4 Å². The summed E-state index contributed by atoms with van der Waals surface area (Å²) in [4.78, 5) is 11.3. The lowest BCUT2D eigenvalue weighted by Gasteiger charge is -2.32. The summed E-state index contributed by atoms with van der Waals surface area (Å²) in [5.41, 5.74) is -0.946. The van der Waals surface area contributed by atoms with Crippen molar-refractivity contribution in [3.05, 3.63) is 17.6 Å². The van der Waals surface area contributed by atoms with E-state index in [-0.39, 0.29) is 17.7 Å². The lowest BCUT2D eigenvalue weighted by atomic mass is 9.98. The zero-order valence-electron chi connectivity index (χ0n) is 13.2. The maximum atomic E-state index is 13.1. The maximum Gasteiger partial charge on any atom is 0.433 e. The summed E-state index contributed by atoms with van der Waals surface area (Å²) < 4.78 is 39.4. The van der Waals surface area contributed by atoms with E-state index in [4.69, 9.17) is 0 Å². The van der Waals surface area contributed by atoms with Gasteiger partial charge in [-0.05, 0) is 12.8 Å². The average molecular weight is 342 g/mol. The van der Waals surface area contributed by atoms with Crippen molar-refractivity contribution in [1.29, 1.82) is 0 Å². The highest BCUT2D eigenvalue weighted by Crippen LogP contribution is 2.32. The Labute approximate surface area is 136 Å². The Kier molecular flexibility index (Phi) is 4.24. The molecule has 2 aromatic rings. The molecule has 1 fully saturated rings. The summed E-state index contributed by atoms with van der Waals surface area (Å²) in [5.74, 6) is 0.827. The van der Waals surface area contributed by atoms with Gasteiger partial charge in [0, 0.05) is 39.2 Å². The van der Waals surface area contributed by atoms with Crippen molar-refractivity contribution >= 4 is 11.8 Å². The first-order valence-electron chi connectivity index (χ1n) is 7.46. The fourth-order valence-corrected chi connectivity index (χ4v) is 2.65. The van der Waals surface area contributed by atoms with Gasteiger partial charge in [-0.1, -0.05) is 5.21 Å². The molecule has 1 aliphatic heterocycles. The smallest absolute Gasteiger partial charge is 0.363 e. The van der Waals surface area contributed by atoms with Gasteiger partial charge in [0.25, 0.3) is 0 Å². The number of aromatic nitrogens is 6. The number of nitrogens with one attached hydrogen (secondary N) is 1. The Morgan fingerprint density at radius 1 is 1.29 bits per heavy atom. The van der Waals surface area contributed by atoms with Crippen LogP contribution in [0.3, 0.4) is 0 Å². The summed E-state index contributed by atoms with van der Waals surface area (Å²) >= 11 is 0. The molecule has 1 saturated heterocycles. The van der Waals surface area contributed by atoms with Crippen LogP contribution >= 0.6 is 0 Å². The Balaban J connectivity index is 1.91. The SMILES string of the molecule is CN(C)c1cc(C(F)(F)F)nc(N2CCC[C@@H](c3nn[nH]n3)C2)n1. The minimum Gasteiger partial charge on any atom is -0.363 e. The van der Waals surface area contributed by atoms with Crippen LogP contribution in [0.1, 0.15) is 30.3 Å². The fraction of sp³-hybridized carbons (Fsp3) is 0.615. The predicted octanol–water partition coefficient (Wildman–Crippen LogP) is 1.46. The van der Waals surface area contributed by atoms with Crippen LogP contribution in [0.25, 0.3) is 0 Å². The molecular weight excluding hydrogens is 325 g/mol. The molecule has 1 aliphatic rings. The molecule has 130 valence electrons. The molecule has 11 heteroatoms. The zero-order chi connectivity index (χ0) is 17.3. The first-order chi connectivity index (χ1) is 11.3. The highest BCUT2D eigenvalue weighted by molar-refractivity contribution is 5.46. The normalized spacial score (nSPS) is 18.7. The van der Waals surface area contributed by atoms with E-state index in [2.05, 4.69) is 30.6 Å². The topological polar surface area (TPSA) is 86.7 Å². The van der Waals surface area contributed by atoms with Crippen LogP contribution in [-0.2, 0) is 6.18 Å². The van der Waals surface area contributed by atoms with E-state index in [1.54, 1.807) is 19.0 Å². The second kappa shape index (κ2) is 6.21. The highest BCUT2D eigenvalue weighted by Gasteiger charge is 2.35. The van der Waals surface area contributed by atoms with E-state index in [1.807, 2.05) is 0 Å². The summed E-state index contributed by atoms with van der Waals surface area (Å²) in [6, 6.07) is 0.949. The van der Waals surface area contributed by atoms with Crippen LogP contribution in [0, 0.1) is 0 Å². The van der Waals surface area contributed by atoms with Gasteiger partial charge in [0.05, 0.1) is 0 Å². The van der Waals surface area contributed by atoms with Gasteiger partial charge >= 0.3 is 6.18 Å². The van der Waals surface area contributed by atoms with E-state index >= 15 is 0 Å². The molecule has 1 atom stereocenters. The van der Waals surface area contributed by atoms with E-state index in [0.29, 0.717) is 18.9 Å². The molecule has 3 heterocycles. The lowest BCUT2D eigenvalue weighted by Crippen LogP contribution is -2.36. The number of tetrazole rings is 1. The zero-order valence-corrected chi connectivity index (χ0v) is 13.2. The Bertz CT molecular complexity index is 685. The number of nitrogens with zero attached hydrogens (tertiary/aromatic N) is 7. The highest BCUT2D eigenvalue weighted by atomic mass is 19.4. The van der Waals surface area contributed by atoms with Crippen molar-refractivity contribution < 1.29 is 13.2 Å². The Hall–Kier alpha value is -2.46. The minimum absolute atomic E-state index is 0.0153. The van der Waals surface area contributed by atoms with Crippen LogP contribution in [0.15, 0.2) is 6.07 Å². The number of rotatable bonds is 3. The van der Waals surface area contributed by atoms with Crippen molar-refractivity contribution in [1.82, 2.24) is 30.6 Å². The van der Waals surface area contributed by atoms with Crippen molar-refractivity contribution in [2.75, 3.05) is 37.0 Å². The first-order valence-corrected chi connectivity index (χ1v) is 7.46. The average Bonchev–Trinajstić information content (AvgIpc) is 3.08. The molecule has 0 amide bonds. The van der Waals surface area contributed by atoms with Crippen LogP contribution in [0.5, 0.6) is 0 Å². The molecule has 24 heavy (non-hydrogen) atoms. The standard InChI is InChI=1S/C13H17F3N8/c1-23(2)10-6-9(13(14,15)16)17-12(18-10)24-5-3-4-8(7-24)11-19-21-22-20-11/h6,8H,3-5,7H2,1-2H3,(H,19,20,21,22)/t8-/m1/s1. The third kappa shape index (κ3) is 3.39.